The van der Waals surface area contributed by atoms with Gasteiger partial charge in [-0.05, 0) is 0 Å². The molecule has 5 atom stereocenters. The van der Waals surface area contributed by atoms with Gasteiger partial charge >= 0.3 is 0 Å². The predicted octanol–water partition coefficient (Wildman–Crippen LogP) is -1.95. The second-order valence-electron chi connectivity index (χ2n) is 3.23. The summed E-state index contributed by atoms with van der Waals surface area (Å²) < 4.78 is 15.2. The fourth-order valence-corrected chi connectivity index (χ4v) is 1.59. The molecule has 0 aromatic heterocycles. The van der Waals surface area contributed by atoms with E-state index in [1.165, 1.54) is 14.2 Å². The quantitative estimate of drug-likeness (QED) is 0.498. The number of nitrogens with two attached hydrogens (primary N) is 1. The van der Waals surface area contributed by atoms with Gasteiger partial charge < -0.3 is 30.2 Å². The van der Waals surface area contributed by atoms with Crippen molar-refractivity contribution in [1.82, 2.24) is 0 Å². The standard InChI is InChI=1S/C8H17NO5/c1-12-7-4(3-10)14-8(13-2)5(9)6(7)11/h4-8,10-11H,3,9H2,1-2H3/t4?,5?,6-,7+,8-/m1/s1. The summed E-state index contributed by atoms with van der Waals surface area (Å²) in [6.45, 7) is -0.248. The molecule has 0 aromatic rings. The average molecular weight is 207 g/mol. The maximum Gasteiger partial charge on any atom is 0.175 e. The topological polar surface area (TPSA) is 94.2 Å². The van der Waals surface area contributed by atoms with E-state index in [-0.39, 0.29) is 6.61 Å². The third kappa shape index (κ3) is 2.05. The largest absolute Gasteiger partial charge is 0.394 e. The third-order valence-electron chi connectivity index (χ3n) is 2.40. The zero-order chi connectivity index (χ0) is 10.7. The van der Waals surface area contributed by atoms with Crippen LogP contribution in [0.1, 0.15) is 0 Å². The van der Waals surface area contributed by atoms with Gasteiger partial charge in [0.2, 0.25) is 0 Å². The summed E-state index contributed by atoms with van der Waals surface area (Å²) in [6, 6.07) is -0.673. The SMILES string of the molecule is CO[C@@H]1OC(CO)[C@H](OC)[C@H](O)C1N. The minimum Gasteiger partial charge on any atom is -0.394 e. The van der Waals surface area contributed by atoms with Gasteiger partial charge in [-0.3, -0.25) is 0 Å². The van der Waals surface area contributed by atoms with Crippen molar-refractivity contribution in [2.75, 3.05) is 20.8 Å². The van der Waals surface area contributed by atoms with Gasteiger partial charge in [0, 0.05) is 14.2 Å². The van der Waals surface area contributed by atoms with Gasteiger partial charge in [0.05, 0.1) is 12.6 Å². The van der Waals surface area contributed by atoms with Crippen molar-refractivity contribution in [3.8, 4) is 0 Å². The van der Waals surface area contributed by atoms with Crippen molar-refractivity contribution in [1.29, 1.82) is 0 Å². The van der Waals surface area contributed by atoms with Crippen LogP contribution in [0, 0.1) is 0 Å². The maximum atomic E-state index is 9.72. The summed E-state index contributed by atoms with van der Waals surface area (Å²) in [5.41, 5.74) is 5.65. The van der Waals surface area contributed by atoms with Crippen molar-refractivity contribution in [2.24, 2.45) is 5.73 Å². The molecule has 0 aromatic carbocycles. The molecule has 1 saturated heterocycles. The van der Waals surface area contributed by atoms with Gasteiger partial charge in [0.25, 0.3) is 0 Å². The van der Waals surface area contributed by atoms with E-state index in [2.05, 4.69) is 0 Å². The molecule has 14 heavy (non-hydrogen) atoms. The fraction of sp³-hybridized carbons (Fsp3) is 1.00. The fourth-order valence-electron chi connectivity index (χ4n) is 1.59. The Morgan fingerprint density at radius 2 is 2.00 bits per heavy atom. The first-order valence-corrected chi connectivity index (χ1v) is 4.41. The molecule has 2 unspecified atom stereocenters. The van der Waals surface area contributed by atoms with E-state index in [4.69, 9.17) is 25.1 Å². The van der Waals surface area contributed by atoms with Crippen LogP contribution in [-0.4, -0.2) is 61.7 Å². The molecule has 1 fully saturated rings. The third-order valence-corrected chi connectivity index (χ3v) is 2.40. The summed E-state index contributed by atoms with van der Waals surface area (Å²) in [4.78, 5) is 0. The van der Waals surface area contributed by atoms with Crippen LogP contribution in [-0.2, 0) is 14.2 Å². The number of aliphatic hydroxyl groups is 2. The lowest BCUT2D eigenvalue weighted by atomic mass is 9.97. The molecular formula is C8H17NO5. The first-order valence-electron chi connectivity index (χ1n) is 4.41. The molecule has 1 rings (SSSR count). The van der Waals surface area contributed by atoms with E-state index in [1.54, 1.807) is 0 Å². The van der Waals surface area contributed by atoms with Crippen LogP contribution in [0.15, 0.2) is 0 Å². The Morgan fingerprint density at radius 1 is 1.36 bits per heavy atom. The number of ether oxygens (including phenoxy) is 3. The van der Waals surface area contributed by atoms with Crippen molar-refractivity contribution < 1.29 is 24.4 Å². The Kier molecular flexibility index (Phi) is 4.24. The molecule has 4 N–H and O–H groups in total. The van der Waals surface area contributed by atoms with E-state index in [9.17, 15) is 5.11 Å². The number of hydrogen-bond donors (Lipinski definition) is 3. The molecule has 0 amide bonds. The number of hydrogen-bond acceptors (Lipinski definition) is 6. The Bertz CT molecular complexity index is 177. The Balaban J connectivity index is 2.71. The molecule has 1 aliphatic heterocycles. The van der Waals surface area contributed by atoms with Crippen LogP contribution >= 0.6 is 0 Å². The molecular weight excluding hydrogens is 190 g/mol. The molecule has 84 valence electrons. The van der Waals surface area contributed by atoms with Gasteiger partial charge in [-0.1, -0.05) is 0 Å². The molecule has 6 nitrogen and oxygen atoms in total. The zero-order valence-corrected chi connectivity index (χ0v) is 8.29. The Hall–Kier alpha value is -0.240. The molecule has 0 radical (unpaired) electrons. The first-order chi connectivity index (χ1) is 6.65. The van der Waals surface area contributed by atoms with Crippen molar-refractivity contribution in [2.45, 2.75) is 30.6 Å². The molecule has 0 aliphatic carbocycles. The second-order valence-corrected chi connectivity index (χ2v) is 3.23. The molecule has 6 heteroatoms. The van der Waals surface area contributed by atoms with E-state index >= 15 is 0 Å². The minimum atomic E-state index is -0.907. The highest BCUT2D eigenvalue weighted by atomic mass is 16.7. The van der Waals surface area contributed by atoms with E-state index < -0.39 is 30.6 Å². The smallest absolute Gasteiger partial charge is 0.175 e. The highest BCUT2D eigenvalue weighted by Gasteiger charge is 2.43. The van der Waals surface area contributed by atoms with Gasteiger partial charge in [-0.2, -0.15) is 0 Å². The first kappa shape index (κ1) is 11.8. The minimum absolute atomic E-state index is 0.248. The summed E-state index contributed by atoms with van der Waals surface area (Å²) in [6.07, 6.45) is -2.86. The van der Waals surface area contributed by atoms with Crippen LogP contribution in [0.2, 0.25) is 0 Å². The van der Waals surface area contributed by atoms with E-state index in [0.29, 0.717) is 0 Å². The van der Waals surface area contributed by atoms with Gasteiger partial charge in [-0.15, -0.1) is 0 Å². The average Bonchev–Trinajstić information content (AvgIpc) is 2.21. The summed E-state index contributed by atoms with van der Waals surface area (Å²) >= 11 is 0. The lowest BCUT2D eigenvalue weighted by molar-refractivity contribution is -0.262. The lowest BCUT2D eigenvalue weighted by Crippen LogP contribution is -2.62. The van der Waals surface area contributed by atoms with Crippen LogP contribution in [0.25, 0.3) is 0 Å². The molecule has 1 heterocycles. The van der Waals surface area contributed by atoms with Crippen molar-refractivity contribution in [3.05, 3.63) is 0 Å². The van der Waals surface area contributed by atoms with Crippen molar-refractivity contribution >= 4 is 0 Å². The second kappa shape index (κ2) is 5.01. The van der Waals surface area contributed by atoms with Crippen LogP contribution in [0.4, 0.5) is 0 Å². The van der Waals surface area contributed by atoms with E-state index in [1.807, 2.05) is 0 Å². The molecule has 0 bridgehead atoms. The van der Waals surface area contributed by atoms with E-state index in [0.717, 1.165) is 0 Å². The summed E-state index contributed by atoms with van der Waals surface area (Å²) in [7, 11) is 2.86. The van der Waals surface area contributed by atoms with Crippen LogP contribution < -0.4 is 5.73 Å². The zero-order valence-electron chi connectivity index (χ0n) is 8.29. The molecule has 1 aliphatic rings. The van der Waals surface area contributed by atoms with Crippen LogP contribution in [0.3, 0.4) is 0 Å². The van der Waals surface area contributed by atoms with Gasteiger partial charge in [0.1, 0.15) is 18.3 Å². The molecule has 0 spiro atoms. The van der Waals surface area contributed by atoms with Gasteiger partial charge in [-0.25, -0.2) is 0 Å². The van der Waals surface area contributed by atoms with Crippen molar-refractivity contribution in [3.63, 3.8) is 0 Å². The highest BCUT2D eigenvalue weighted by molar-refractivity contribution is 4.92. The summed E-state index contributed by atoms with van der Waals surface area (Å²) in [5, 5.41) is 18.7. The maximum absolute atomic E-state index is 9.72. The van der Waals surface area contributed by atoms with Gasteiger partial charge in [0.15, 0.2) is 6.29 Å². The number of rotatable bonds is 3. The Morgan fingerprint density at radius 3 is 2.43 bits per heavy atom. The highest BCUT2D eigenvalue weighted by Crippen LogP contribution is 2.21. The summed E-state index contributed by atoms with van der Waals surface area (Å²) in [5.74, 6) is 0. The number of methoxy groups -OCH3 is 2. The monoisotopic (exact) mass is 207 g/mol. The normalized spacial score (nSPS) is 43.9. The molecule has 0 saturated carbocycles. The van der Waals surface area contributed by atoms with Crippen LogP contribution in [0.5, 0.6) is 0 Å². The Labute approximate surface area is 82.6 Å². The predicted molar refractivity (Wildman–Crippen MR) is 47.5 cm³/mol. The lowest BCUT2D eigenvalue weighted by Gasteiger charge is -2.41. The number of aliphatic hydroxyl groups excluding tert-OH is 2.